The zero-order valence-corrected chi connectivity index (χ0v) is 11.2. The topological polar surface area (TPSA) is 57.2 Å². The van der Waals surface area contributed by atoms with E-state index in [4.69, 9.17) is 10.5 Å². The number of aryl methyl sites for hydroxylation is 2. The molecule has 2 N–H and O–H groups in total. The van der Waals surface area contributed by atoms with Crippen LogP contribution in [0.3, 0.4) is 0 Å². The molecule has 0 spiro atoms. The van der Waals surface area contributed by atoms with E-state index < -0.39 is 0 Å². The van der Waals surface area contributed by atoms with Crippen molar-refractivity contribution < 1.29 is 4.74 Å². The van der Waals surface area contributed by atoms with E-state index >= 15 is 0 Å². The Kier molecular flexibility index (Phi) is 3.90. The molecule has 2 aromatic rings. The van der Waals surface area contributed by atoms with Gasteiger partial charge in [-0.25, -0.2) is 0 Å². The first-order chi connectivity index (χ1) is 9.06. The average Bonchev–Trinajstić information content (AvgIpc) is 2.34. The third-order valence-electron chi connectivity index (χ3n) is 3.02. The van der Waals surface area contributed by atoms with E-state index in [9.17, 15) is 4.79 Å². The summed E-state index contributed by atoms with van der Waals surface area (Å²) in [6.45, 7) is 5.12. The Hall–Kier alpha value is -2.23. The van der Waals surface area contributed by atoms with E-state index in [0.29, 0.717) is 13.2 Å². The van der Waals surface area contributed by atoms with E-state index in [1.807, 2.05) is 38.1 Å². The summed E-state index contributed by atoms with van der Waals surface area (Å²) in [4.78, 5) is 11.3. The molecule has 0 aliphatic rings. The zero-order chi connectivity index (χ0) is 13.8. The summed E-state index contributed by atoms with van der Waals surface area (Å²) < 4.78 is 7.72. The molecular formula is C15H18N2O2. The molecule has 100 valence electrons. The summed E-state index contributed by atoms with van der Waals surface area (Å²) in [7, 11) is 0. The number of benzene rings is 1. The second-order valence-corrected chi connectivity index (χ2v) is 4.54. The van der Waals surface area contributed by atoms with Gasteiger partial charge in [0.15, 0.2) is 5.43 Å². The molecule has 0 unspecified atom stereocenters. The molecule has 1 heterocycles. The van der Waals surface area contributed by atoms with Gasteiger partial charge in [0.2, 0.25) is 0 Å². The molecule has 1 aromatic carbocycles. The fourth-order valence-electron chi connectivity index (χ4n) is 2.06. The van der Waals surface area contributed by atoms with Gasteiger partial charge in [0.25, 0.3) is 0 Å². The molecule has 0 radical (unpaired) electrons. The van der Waals surface area contributed by atoms with Crippen molar-refractivity contribution in [3.8, 4) is 5.75 Å². The van der Waals surface area contributed by atoms with Gasteiger partial charge in [-0.05, 0) is 38.1 Å². The summed E-state index contributed by atoms with van der Waals surface area (Å²) in [6, 6.07) is 10.6. The third kappa shape index (κ3) is 3.37. The predicted molar refractivity (Wildman–Crippen MR) is 76.5 cm³/mol. The average molecular weight is 258 g/mol. The van der Waals surface area contributed by atoms with Crippen molar-refractivity contribution in [2.45, 2.75) is 20.4 Å². The Balaban J connectivity index is 2.00. The lowest BCUT2D eigenvalue weighted by molar-refractivity contribution is 0.295. The maximum atomic E-state index is 11.3. The number of aromatic nitrogens is 1. The highest BCUT2D eigenvalue weighted by atomic mass is 16.5. The Morgan fingerprint density at radius 3 is 2.26 bits per heavy atom. The summed E-state index contributed by atoms with van der Waals surface area (Å²) in [6.07, 6.45) is 0. The summed E-state index contributed by atoms with van der Waals surface area (Å²) >= 11 is 0. The van der Waals surface area contributed by atoms with E-state index in [-0.39, 0.29) is 5.43 Å². The second kappa shape index (κ2) is 5.61. The Morgan fingerprint density at radius 2 is 1.68 bits per heavy atom. The Labute approximate surface area is 112 Å². The number of hydrogen-bond acceptors (Lipinski definition) is 3. The van der Waals surface area contributed by atoms with E-state index in [1.165, 1.54) is 0 Å². The SMILES string of the molecule is Cc1cc(=O)cc(C)n1CCOc1ccc(N)cc1. The monoisotopic (exact) mass is 258 g/mol. The van der Waals surface area contributed by atoms with Gasteiger partial charge >= 0.3 is 0 Å². The van der Waals surface area contributed by atoms with Gasteiger partial charge in [-0.2, -0.15) is 0 Å². The Morgan fingerprint density at radius 1 is 1.11 bits per heavy atom. The van der Waals surface area contributed by atoms with Crippen LogP contribution >= 0.6 is 0 Å². The highest BCUT2D eigenvalue weighted by Crippen LogP contribution is 2.13. The van der Waals surface area contributed by atoms with Crippen molar-refractivity contribution in [1.29, 1.82) is 0 Å². The first kappa shape index (κ1) is 13.2. The number of pyridine rings is 1. The number of nitrogens with two attached hydrogens (primary N) is 1. The number of anilines is 1. The first-order valence-corrected chi connectivity index (χ1v) is 6.23. The van der Waals surface area contributed by atoms with Gasteiger partial charge in [-0.1, -0.05) is 0 Å². The van der Waals surface area contributed by atoms with Crippen LogP contribution in [0, 0.1) is 13.8 Å². The number of rotatable bonds is 4. The molecule has 4 heteroatoms. The molecular weight excluding hydrogens is 240 g/mol. The van der Waals surface area contributed by atoms with Crippen molar-refractivity contribution in [1.82, 2.24) is 4.57 Å². The molecule has 0 fully saturated rings. The number of ether oxygens (including phenoxy) is 1. The lowest BCUT2D eigenvalue weighted by atomic mass is 10.3. The van der Waals surface area contributed by atoms with Crippen molar-refractivity contribution in [3.63, 3.8) is 0 Å². The fraction of sp³-hybridized carbons (Fsp3) is 0.267. The molecule has 0 saturated heterocycles. The highest BCUT2D eigenvalue weighted by Gasteiger charge is 2.01. The zero-order valence-electron chi connectivity index (χ0n) is 11.2. The van der Waals surface area contributed by atoms with Gasteiger partial charge in [0.05, 0.1) is 6.54 Å². The van der Waals surface area contributed by atoms with Crippen LogP contribution < -0.4 is 15.9 Å². The minimum Gasteiger partial charge on any atom is -0.492 e. The number of nitrogens with zero attached hydrogens (tertiary/aromatic N) is 1. The molecule has 0 aliphatic heterocycles. The van der Waals surface area contributed by atoms with Gasteiger partial charge in [-0.3, -0.25) is 4.79 Å². The minimum absolute atomic E-state index is 0.0469. The quantitative estimate of drug-likeness (QED) is 0.855. The van der Waals surface area contributed by atoms with E-state index in [1.54, 1.807) is 12.1 Å². The van der Waals surface area contributed by atoms with Crippen molar-refractivity contribution in [2.24, 2.45) is 0 Å². The largest absolute Gasteiger partial charge is 0.492 e. The Bertz CT molecular complexity index is 589. The van der Waals surface area contributed by atoms with Crippen LogP contribution in [-0.2, 0) is 6.54 Å². The van der Waals surface area contributed by atoms with Crippen LogP contribution in [-0.4, -0.2) is 11.2 Å². The van der Waals surface area contributed by atoms with Gasteiger partial charge in [-0.15, -0.1) is 0 Å². The van der Waals surface area contributed by atoms with E-state index in [0.717, 1.165) is 22.8 Å². The molecule has 0 amide bonds. The molecule has 0 atom stereocenters. The van der Waals surface area contributed by atoms with Crippen LogP contribution in [0.2, 0.25) is 0 Å². The van der Waals surface area contributed by atoms with Gasteiger partial charge < -0.3 is 15.0 Å². The normalized spacial score (nSPS) is 10.4. The predicted octanol–water partition coefficient (Wildman–Crippen LogP) is 2.13. The lowest BCUT2D eigenvalue weighted by Crippen LogP contribution is -2.16. The molecule has 0 bridgehead atoms. The molecule has 19 heavy (non-hydrogen) atoms. The molecule has 0 aliphatic carbocycles. The summed E-state index contributed by atoms with van der Waals surface area (Å²) in [5, 5.41) is 0. The molecule has 0 saturated carbocycles. The minimum atomic E-state index is 0.0469. The van der Waals surface area contributed by atoms with Crippen LogP contribution in [0.5, 0.6) is 5.75 Å². The maximum absolute atomic E-state index is 11.3. The van der Waals surface area contributed by atoms with Crippen LogP contribution in [0.4, 0.5) is 5.69 Å². The molecule has 1 aromatic heterocycles. The van der Waals surface area contributed by atoms with Gasteiger partial charge in [0, 0.05) is 29.2 Å². The van der Waals surface area contributed by atoms with Crippen LogP contribution in [0.1, 0.15) is 11.4 Å². The summed E-state index contributed by atoms with van der Waals surface area (Å²) in [5.74, 6) is 0.797. The van der Waals surface area contributed by atoms with Crippen molar-refractivity contribution >= 4 is 5.69 Å². The fourth-order valence-corrected chi connectivity index (χ4v) is 2.06. The van der Waals surface area contributed by atoms with Crippen molar-refractivity contribution in [2.75, 3.05) is 12.3 Å². The van der Waals surface area contributed by atoms with Crippen molar-refractivity contribution in [3.05, 3.63) is 58.0 Å². The molecule has 2 rings (SSSR count). The molecule has 4 nitrogen and oxygen atoms in total. The lowest BCUT2D eigenvalue weighted by Gasteiger charge is -2.14. The van der Waals surface area contributed by atoms with Gasteiger partial charge in [0.1, 0.15) is 12.4 Å². The standard InChI is InChI=1S/C15H18N2O2/c1-11-9-14(18)10-12(2)17(11)7-8-19-15-5-3-13(16)4-6-15/h3-6,9-10H,7-8,16H2,1-2H3. The van der Waals surface area contributed by atoms with Crippen LogP contribution in [0.15, 0.2) is 41.2 Å². The summed E-state index contributed by atoms with van der Waals surface area (Å²) in [5.41, 5.74) is 8.28. The number of hydrogen-bond donors (Lipinski definition) is 1. The highest BCUT2D eigenvalue weighted by molar-refractivity contribution is 5.41. The first-order valence-electron chi connectivity index (χ1n) is 6.23. The van der Waals surface area contributed by atoms with Crippen LogP contribution in [0.25, 0.3) is 0 Å². The smallest absolute Gasteiger partial charge is 0.182 e. The number of nitrogen functional groups attached to an aromatic ring is 1. The second-order valence-electron chi connectivity index (χ2n) is 4.54. The third-order valence-corrected chi connectivity index (χ3v) is 3.02. The van der Waals surface area contributed by atoms with E-state index in [2.05, 4.69) is 4.57 Å². The maximum Gasteiger partial charge on any atom is 0.182 e.